The lowest BCUT2D eigenvalue weighted by atomic mass is 10.0. The maximum Gasteiger partial charge on any atom is 0.288 e. The zero-order valence-corrected chi connectivity index (χ0v) is 16.0. The number of nitro benzene ring substituents is 1. The lowest BCUT2D eigenvalue weighted by molar-refractivity contribution is -0.384. The molecule has 0 aliphatic heterocycles. The Morgan fingerprint density at radius 2 is 1.70 bits per heavy atom. The highest BCUT2D eigenvalue weighted by atomic mass is 35.5. The molecule has 0 fully saturated rings. The fraction of sp³-hybridized carbons (Fsp3) is 0.222. The highest BCUT2D eigenvalue weighted by Gasteiger charge is 2.26. The van der Waals surface area contributed by atoms with Crippen LogP contribution in [0, 0.1) is 16.0 Å². The van der Waals surface area contributed by atoms with Crippen molar-refractivity contribution in [2.24, 2.45) is 5.92 Å². The van der Waals surface area contributed by atoms with Crippen LogP contribution in [-0.4, -0.2) is 22.8 Å². The van der Waals surface area contributed by atoms with Gasteiger partial charge >= 0.3 is 0 Å². The molecule has 2 aromatic carbocycles. The summed E-state index contributed by atoms with van der Waals surface area (Å²) in [5, 5.41) is 16.8. The molecule has 2 aromatic rings. The standard InChI is InChI=1S/C18H17Cl2N3O4/c1-10(2)16(18(25)21-13-6-4-12(19)5-7-13)22-17(24)11-3-8-14(20)15(9-11)23(26)27/h3-10,16H,1-2H3,(H,21,25)(H,22,24)/t16-/m0/s1. The number of hydrogen-bond acceptors (Lipinski definition) is 4. The Kier molecular flexibility index (Phi) is 6.76. The quantitative estimate of drug-likeness (QED) is 0.548. The number of carbonyl (C=O) groups is 2. The average molecular weight is 410 g/mol. The topological polar surface area (TPSA) is 101 Å². The molecule has 0 spiro atoms. The van der Waals surface area contributed by atoms with Crippen molar-refractivity contribution in [2.75, 3.05) is 5.32 Å². The second-order valence-corrected chi connectivity index (χ2v) is 6.96. The number of hydrogen-bond donors (Lipinski definition) is 2. The van der Waals surface area contributed by atoms with Crippen LogP contribution in [0.15, 0.2) is 42.5 Å². The van der Waals surface area contributed by atoms with Crippen LogP contribution in [0.25, 0.3) is 0 Å². The van der Waals surface area contributed by atoms with Crippen molar-refractivity contribution in [3.8, 4) is 0 Å². The van der Waals surface area contributed by atoms with Crippen molar-refractivity contribution in [3.63, 3.8) is 0 Å². The smallest absolute Gasteiger partial charge is 0.288 e. The molecule has 0 unspecified atom stereocenters. The minimum Gasteiger partial charge on any atom is -0.340 e. The van der Waals surface area contributed by atoms with E-state index < -0.39 is 22.8 Å². The Labute approximate surface area is 165 Å². The maximum absolute atomic E-state index is 12.5. The van der Waals surface area contributed by atoms with Gasteiger partial charge in [-0.05, 0) is 42.3 Å². The van der Waals surface area contributed by atoms with Gasteiger partial charge < -0.3 is 10.6 Å². The predicted octanol–water partition coefficient (Wildman–Crippen LogP) is 4.29. The molecule has 7 nitrogen and oxygen atoms in total. The zero-order chi connectivity index (χ0) is 20.1. The summed E-state index contributed by atoms with van der Waals surface area (Å²) < 4.78 is 0. The van der Waals surface area contributed by atoms with E-state index in [4.69, 9.17) is 23.2 Å². The third-order valence-electron chi connectivity index (χ3n) is 3.75. The maximum atomic E-state index is 12.5. The lowest BCUT2D eigenvalue weighted by Gasteiger charge is -2.21. The van der Waals surface area contributed by atoms with Crippen molar-refractivity contribution < 1.29 is 14.5 Å². The molecule has 0 aliphatic rings. The van der Waals surface area contributed by atoms with Gasteiger partial charge in [0.2, 0.25) is 5.91 Å². The number of carbonyl (C=O) groups excluding carboxylic acids is 2. The van der Waals surface area contributed by atoms with E-state index in [1.807, 2.05) is 0 Å². The minimum absolute atomic E-state index is 0.0380. The normalized spacial score (nSPS) is 11.7. The van der Waals surface area contributed by atoms with Gasteiger partial charge in [0, 0.05) is 22.3 Å². The second-order valence-electron chi connectivity index (χ2n) is 6.11. The fourth-order valence-electron chi connectivity index (χ4n) is 2.31. The molecular formula is C18H17Cl2N3O4. The first-order valence-electron chi connectivity index (χ1n) is 8.00. The largest absolute Gasteiger partial charge is 0.340 e. The van der Waals surface area contributed by atoms with Crippen molar-refractivity contribution in [1.29, 1.82) is 0 Å². The summed E-state index contributed by atoms with van der Waals surface area (Å²) >= 11 is 11.6. The summed E-state index contributed by atoms with van der Waals surface area (Å²) in [7, 11) is 0. The summed E-state index contributed by atoms with van der Waals surface area (Å²) in [6.45, 7) is 3.55. The Morgan fingerprint density at radius 1 is 1.07 bits per heavy atom. The van der Waals surface area contributed by atoms with Gasteiger partial charge in [-0.1, -0.05) is 37.0 Å². The second kappa shape index (κ2) is 8.83. The Bertz CT molecular complexity index is 869. The number of nitrogens with zero attached hydrogens (tertiary/aromatic N) is 1. The first-order valence-corrected chi connectivity index (χ1v) is 8.76. The van der Waals surface area contributed by atoms with Gasteiger partial charge in [-0.2, -0.15) is 0 Å². The molecule has 2 amide bonds. The molecule has 0 heterocycles. The summed E-state index contributed by atoms with van der Waals surface area (Å²) in [5.74, 6) is -1.24. The van der Waals surface area contributed by atoms with Gasteiger partial charge in [0.25, 0.3) is 11.6 Å². The average Bonchev–Trinajstić information content (AvgIpc) is 2.61. The number of halogens is 2. The molecule has 27 heavy (non-hydrogen) atoms. The first-order chi connectivity index (χ1) is 12.7. The molecule has 2 N–H and O–H groups in total. The van der Waals surface area contributed by atoms with Gasteiger partial charge in [-0.25, -0.2) is 0 Å². The highest BCUT2D eigenvalue weighted by Crippen LogP contribution is 2.25. The van der Waals surface area contributed by atoms with E-state index in [-0.39, 0.29) is 22.2 Å². The van der Waals surface area contributed by atoms with E-state index >= 15 is 0 Å². The van der Waals surface area contributed by atoms with E-state index in [2.05, 4.69) is 10.6 Å². The van der Waals surface area contributed by atoms with E-state index in [0.717, 1.165) is 6.07 Å². The Balaban J connectivity index is 2.16. The van der Waals surface area contributed by atoms with Crippen molar-refractivity contribution >= 4 is 46.4 Å². The van der Waals surface area contributed by atoms with Crippen LogP contribution >= 0.6 is 23.2 Å². The molecule has 9 heteroatoms. The summed E-state index contributed by atoms with van der Waals surface area (Å²) in [5.41, 5.74) is 0.193. The number of amides is 2. The number of benzene rings is 2. The number of rotatable bonds is 6. The van der Waals surface area contributed by atoms with E-state index in [9.17, 15) is 19.7 Å². The lowest BCUT2D eigenvalue weighted by Crippen LogP contribution is -2.47. The molecule has 0 saturated carbocycles. The van der Waals surface area contributed by atoms with Crippen molar-refractivity contribution in [2.45, 2.75) is 19.9 Å². The number of anilines is 1. The van der Waals surface area contributed by atoms with Crippen LogP contribution in [-0.2, 0) is 4.79 Å². The van der Waals surface area contributed by atoms with E-state index in [1.165, 1.54) is 12.1 Å². The van der Waals surface area contributed by atoms with Crippen LogP contribution in [0.1, 0.15) is 24.2 Å². The fourth-order valence-corrected chi connectivity index (χ4v) is 2.62. The SMILES string of the molecule is CC(C)[C@H](NC(=O)c1ccc(Cl)c([N+](=O)[O-])c1)C(=O)Nc1ccc(Cl)cc1. The van der Waals surface area contributed by atoms with Crippen molar-refractivity contribution in [3.05, 3.63) is 68.2 Å². The molecule has 1 atom stereocenters. The van der Waals surface area contributed by atoms with Gasteiger partial charge in [0.05, 0.1) is 4.92 Å². The van der Waals surface area contributed by atoms with Gasteiger partial charge in [0.15, 0.2) is 0 Å². The third kappa shape index (κ3) is 5.42. The molecular weight excluding hydrogens is 393 g/mol. The molecule has 0 bridgehead atoms. The van der Waals surface area contributed by atoms with E-state index in [0.29, 0.717) is 10.7 Å². The predicted molar refractivity (Wildman–Crippen MR) is 104 cm³/mol. The molecule has 142 valence electrons. The zero-order valence-electron chi connectivity index (χ0n) is 14.5. The monoisotopic (exact) mass is 409 g/mol. The molecule has 2 rings (SSSR count). The number of nitro groups is 1. The molecule has 0 saturated heterocycles. The van der Waals surface area contributed by atoms with Crippen molar-refractivity contribution in [1.82, 2.24) is 5.32 Å². The van der Waals surface area contributed by atoms with Crippen LogP contribution < -0.4 is 10.6 Å². The molecule has 0 aliphatic carbocycles. The van der Waals surface area contributed by atoms with Crippen LogP contribution in [0.4, 0.5) is 11.4 Å². The van der Waals surface area contributed by atoms with Crippen LogP contribution in [0.5, 0.6) is 0 Å². The third-order valence-corrected chi connectivity index (χ3v) is 4.32. The number of nitrogens with one attached hydrogen (secondary N) is 2. The van der Waals surface area contributed by atoms with Crippen LogP contribution in [0.3, 0.4) is 0 Å². The minimum atomic E-state index is -0.845. The molecule has 0 aromatic heterocycles. The van der Waals surface area contributed by atoms with Gasteiger partial charge in [-0.15, -0.1) is 0 Å². The summed E-state index contributed by atoms with van der Waals surface area (Å²) in [6.07, 6.45) is 0. The Hall–Kier alpha value is -2.64. The van der Waals surface area contributed by atoms with Crippen LogP contribution in [0.2, 0.25) is 10.0 Å². The van der Waals surface area contributed by atoms with Gasteiger partial charge in [-0.3, -0.25) is 19.7 Å². The Morgan fingerprint density at radius 3 is 2.26 bits per heavy atom. The molecule has 0 radical (unpaired) electrons. The summed E-state index contributed by atoms with van der Waals surface area (Å²) in [4.78, 5) is 35.3. The summed E-state index contributed by atoms with van der Waals surface area (Å²) in [6, 6.07) is 9.41. The van der Waals surface area contributed by atoms with Gasteiger partial charge in [0.1, 0.15) is 11.1 Å². The van der Waals surface area contributed by atoms with E-state index in [1.54, 1.807) is 38.1 Å². The highest BCUT2D eigenvalue weighted by molar-refractivity contribution is 6.32. The first kappa shape index (κ1) is 20.7.